The van der Waals surface area contributed by atoms with Crippen LogP contribution in [0.1, 0.15) is 17.8 Å². The number of nitrogens with zero attached hydrogens (tertiary/aromatic N) is 4. The molecule has 0 amide bonds. The number of aryl methyl sites for hydroxylation is 2. The molecule has 32 heavy (non-hydrogen) atoms. The lowest BCUT2D eigenvalue weighted by Crippen LogP contribution is -2.24. The van der Waals surface area contributed by atoms with Crippen molar-refractivity contribution in [1.29, 1.82) is 0 Å². The molecule has 0 saturated carbocycles. The first-order valence-electron chi connectivity index (χ1n) is 9.99. The maximum atomic E-state index is 14.3. The van der Waals surface area contributed by atoms with Gasteiger partial charge in [0.1, 0.15) is 27.0 Å². The molecule has 0 spiro atoms. The average molecular weight is 464 g/mol. The molecule has 2 aromatic carbocycles. The lowest BCUT2D eigenvalue weighted by Gasteiger charge is -2.10. The highest BCUT2D eigenvalue weighted by Gasteiger charge is 2.19. The molecule has 0 aliphatic carbocycles. The van der Waals surface area contributed by atoms with Gasteiger partial charge in [0.15, 0.2) is 5.82 Å². The van der Waals surface area contributed by atoms with Gasteiger partial charge < -0.3 is 10.3 Å². The van der Waals surface area contributed by atoms with Crippen molar-refractivity contribution in [3.8, 4) is 0 Å². The van der Waals surface area contributed by atoms with Gasteiger partial charge in [-0.1, -0.05) is 6.07 Å². The Morgan fingerprint density at radius 2 is 1.84 bits per heavy atom. The molecule has 0 unspecified atom stereocenters. The van der Waals surface area contributed by atoms with Gasteiger partial charge in [-0.3, -0.25) is 9.13 Å². The number of hydrogen-bond acceptors (Lipinski definition) is 5. The lowest BCUT2D eigenvalue weighted by molar-refractivity contribution is 0.585. The molecule has 2 heterocycles. The molecule has 11 heteroatoms. The number of benzene rings is 2. The predicted molar refractivity (Wildman–Crippen MR) is 118 cm³/mol. The number of fused-ring (bicyclic) bond motifs is 2. The van der Waals surface area contributed by atoms with Crippen molar-refractivity contribution in [2.24, 2.45) is 12.8 Å². The van der Waals surface area contributed by atoms with Gasteiger partial charge in [-0.25, -0.2) is 27.0 Å². The molecule has 8 nitrogen and oxygen atoms in total. The zero-order valence-corrected chi connectivity index (χ0v) is 18.5. The van der Waals surface area contributed by atoms with Gasteiger partial charge in [0.2, 0.25) is 0 Å². The third kappa shape index (κ3) is 4.05. The first kappa shape index (κ1) is 22.2. The van der Waals surface area contributed by atoms with E-state index in [4.69, 9.17) is 5.73 Å². The number of rotatable bonds is 7. The fourth-order valence-electron chi connectivity index (χ4n) is 3.97. The topological polar surface area (TPSA) is 105 Å². The summed E-state index contributed by atoms with van der Waals surface area (Å²) in [4.78, 5) is 17.5. The smallest absolute Gasteiger partial charge is 0.326 e. The summed E-state index contributed by atoms with van der Waals surface area (Å²) >= 11 is 0. The van der Waals surface area contributed by atoms with Crippen LogP contribution in [0.2, 0.25) is 0 Å². The third-order valence-electron chi connectivity index (χ3n) is 5.48. The molecular weight excluding hydrogens is 440 g/mol. The van der Waals surface area contributed by atoms with Gasteiger partial charge in [-0.2, -0.15) is 0 Å². The van der Waals surface area contributed by atoms with Crippen molar-refractivity contribution < 1.29 is 17.2 Å². The van der Waals surface area contributed by atoms with Gasteiger partial charge in [0.25, 0.3) is 0 Å². The van der Waals surface area contributed by atoms with Crippen molar-refractivity contribution in [3.63, 3.8) is 0 Å². The second-order valence-corrected chi connectivity index (χ2v) is 10.1. The van der Waals surface area contributed by atoms with E-state index in [9.17, 15) is 22.0 Å². The van der Waals surface area contributed by atoms with Crippen molar-refractivity contribution in [3.05, 3.63) is 63.8 Å². The summed E-state index contributed by atoms with van der Waals surface area (Å²) in [5, 5.41) is 0. The molecule has 2 N–H and O–H groups in total. The van der Waals surface area contributed by atoms with Crippen molar-refractivity contribution in [2.75, 3.05) is 12.0 Å². The van der Waals surface area contributed by atoms with Crippen LogP contribution in [0.4, 0.5) is 8.78 Å². The van der Waals surface area contributed by atoms with Crippen molar-refractivity contribution in [1.82, 2.24) is 18.7 Å². The number of nitrogens with two attached hydrogens (primary N) is 1. The Balaban J connectivity index is 1.84. The van der Waals surface area contributed by atoms with Gasteiger partial charge >= 0.3 is 5.69 Å². The van der Waals surface area contributed by atoms with Crippen molar-refractivity contribution >= 4 is 31.9 Å². The predicted octanol–water partition coefficient (Wildman–Crippen LogP) is 1.91. The van der Waals surface area contributed by atoms with E-state index >= 15 is 0 Å². The Labute approximate surface area is 182 Å². The minimum absolute atomic E-state index is 0.00144. The van der Waals surface area contributed by atoms with Gasteiger partial charge in [-0.05, 0) is 24.1 Å². The summed E-state index contributed by atoms with van der Waals surface area (Å²) < 4.78 is 55.7. The molecule has 170 valence electrons. The number of aromatic nitrogens is 4. The second-order valence-electron chi connectivity index (χ2n) is 7.87. The minimum atomic E-state index is -3.15. The standard InChI is InChI=1S/C21H23F2N5O3S/c1-26-20-15(23)9-14(22)10-18(20)28(21(26)29)12-19-25-16-8-13(11-24)4-5-17(16)27(19)6-3-7-32(2,30)31/h4-5,8-10H,3,6-7,11-12,24H2,1-2H3. The minimum Gasteiger partial charge on any atom is -0.326 e. The highest BCUT2D eigenvalue weighted by molar-refractivity contribution is 7.90. The zero-order valence-electron chi connectivity index (χ0n) is 17.7. The highest BCUT2D eigenvalue weighted by Crippen LogP contribution is 2.22. The van der Waals surface area contributed by atoms with Crippen LogP contribution in [0.3, 0.4) is 0 Å². The summed E-state index contributed by atoms with van der Waals surface area (Å²) in [6.45, 7) is 0.640. The Bertz CT molecular complexity index is 1500. The molecule has 4 rings (SSSR count). The second kappa shape index (κ2) is 8.14. The molecular formula is C21H23F2N5O3S. The average Bonchev–Trinajstić information content (AvgIpc) is 3.16. The number of hydrogen-bond donors (Lipinski definition) is 1. The Morgan fingerprint density at radius 3 is 2.53 bits per heavy atom. The van der Waals surface area contributed by atoms with Crippen LogP contribution in [0, 0.1) is 11.6 Å². The Kier molecular flexibility index (Phi) is 5.63. The quantitative estimate of drug-likeness (QED) is 0.451. The summed E-state index contributed by atoms with van der Waals surface area (Å²) in [6.07, 6.45) is 1.52. The lowest BCUT2D eigenvalue weighted by atomic mass is 10.2. The third-order valence-corrected chi connectivity index (χ3v) is 6.51. The normalized spacial score (nSPS) is 12.3. The molecule has 0 aliphatic heterocycles. The molecule has 2 aromatic heterocycles. The summed E-state index contributed by atoms with van der Waals surface area (Å²) in [5.74, 6) is -1.14. The van der Waals surface area contributed by atoms with E-state index < -0.39 is 27.2 Å². The van der Waals surface area contributed by atoms with Crippen LogP contribution in [-0.2, 0) is 36.5 Å². The molecule has 0 fully saturated rings. The van der Waals surface area contributed by atoms with E-state index in [0.29, 0.717) is 30.9 Å². The molecule has 0 saturated heterocycles. The van der Waals surface area contributed by atoms with Crippen LogP contribution < -0.4 is 11.4 Å². The highest BCUT2D eigenvalue weighted by atomic mass is 32.2. The number of sulfone groups is 1. The molecule has 0 bridgehead atoms. The molecule has 4 aromatic rings. The zero-order chi connectivity index (χ0) is 23.2. The SMILES string of the molecule is Cn1c(=O)n(Cc2nc3cc(CN)ccc3n2CCCS(C)(=O)=O)c2cc(F)cc(F)c21. The monoisotopic (exact) mass is 463 g/mol. The van der Waals surface area contributed by atoms with E-state index in [1.165, 1.54) is 17.9 Å². The Morgan fingerprint density at radius 1 is 1.09 bits per heavy atom. The first-order valence-corrected chi connectivity index (χ1v) is 12.0. The van der Waals surface area contributed by atoms with E-state index in [1.807, 2.05) is 22.8 Å². The van der Waals surface area contributed by atoms with E-state index in [1.54, 1.807) is 0 Å². The summed E-state index contributed by atoms with van der Waals surface area (Å²) in [5.41, 5.74) is 7.62. The van der Waals surface area contributed by atoms with Crippen LogP contribution in [0.15, 0.2) is 35.1 Å². The first-order chi connectivity index (χ1) is 15.1. The van der Waals surface area contributed by atoms with Crippen LogP contribution in [0.5, 0.6) is 0 Å². The maximum absolute atomic E-state index is 14.3. The fourth-order valence-corrected chi connectivity index (χ4v) is 4.62. The molecule has 0 radical (unpaired) electrons. The fraction of sp³-hybridized carbons (Fsp3) is 0.333. The van der Waals surface area contributed by atoms with Crippen molar-refractivity contribution in [2.45, 2.75) is 26.1 Å². The van der Waals surface area contributed by atoms with Crippen LogP contribution in [-0.4, -0.2) is 39.1 Å². The maximum Gasteiger partial charge on any atom is 0.329 e. The van der Waals surface area contributed by atoms with E-state index in [0.717, 1.165) is 27.8 Å². The molecule has 0 atom stereocenters. The Hall–Kier alpha value is -3.05. The largest absolute Gasteiger partial charge is 0.329 e. The summed E-state index contributed by atoms with van der Waals surface area (Å²) in [6, 6.07) is 7.39. The van der Waals surface area contributed by atoms with E-state index in [2.05, 4.69) is 4.98 Å². The summed E-state index contributed by atoms with van der Waals surface area (Å²) in [7, 11) is -1.73. The van der Waals surface area contributed by atoms with Crippen LogP contribution >= 0.6 is 0 Å². The number of halogens is 2. The van der Waals surface area contributed by atoms with Gasteiger partial charge in [0, 0.05) is 38.5 Å². The van der Waals surface area contributed by atoms with E-state index in [-0.39, 0.29) is 23.3 Å². The van der Waals surface area contributed by atoms with Gasteiger partial charge in [0.05, 0.1) is 28.8 Å². The molecule has 0 aliphatic rings. The van der Waals surface area contributed by atoms with Crippen LogP contribution in [0.25, 0.3) is 22.1 Å². The number of imidazole rings is 2. The van der Waals surface area contributed by atoms with Gasteiger partial charge in [-0.15, -0.1) is 0 Å².